The number of aliphatic hydroxyl groups is 1. The number of furan rings is 2. The Balaban J connectivity index is 1.88. The summed E-state index contributed by atoms with van der Waals surface area (Å²) < 4.78 is 10.8. The zero-order valence-corrected chi connectivity index (χ0v) is 11.9. The highest BCUT2D eigenvalue weighted by molar-refractivity contribution is 9.10. The van der Waals surface area contributed by atoms with Crippen molar-refractivity contribution in [3.05, 3.63) is 46.7 Å². The van der Waals surface area contributed by atoms with E-state index in [9.17, 15) is 9.90 Å². The minimum Gasteiger partial charge on any atom is -0.469 e. The minimum absolute atomic E-state index is 0.102. The molecule has 0 radical (unpaired) electrons. The molecule has 0 aromatic carbocycles. The van der Waals surface area contributed by atoms with Gasteiger partial charge in [0.25, 0.3) is 5.91 Å². The van der Waals surface area contributed by atoms with Gasteiger partial charge in [0.05, 0.1) is 11.9 Å². The normalized spacial score (nSPS) is 14.1. The van der Waals surface area contributed by atoms with E-state index in [2.05, 4.69) is 21.2 Å². The maximum Gasteiger partial charge on any atom is 0.287 e. The zero-order valence-electron chi connectivity index (χ0n) is 10.4. The maximum absolute atomic E-state index is 11.7. The second-order valence-electron chi connectivity index (χ2n) is 4.54. The standard InChI is InChI=1S/C13H14BrNO4/c1-13(17,7-9-3-2-6-18-9)8-15-12(16)10-4-5-11(14)19-10/h2-6,17H,7-8H2,1H3,(H,15,16)/t13-/m1/s1. The molecule has 0 aliphatic rings. The summed E-state index contributed by atoms with van der Waals surface area (Å²) in [5.74, 6) is 0.492. The van der Waals surface area contributed by atoms with Gasteiger partial charge in [-0.2, -0.15) is 0 Å². The highest BCUT2D eigenvalue weighted by atomic mass is 79.9. The molecule has 2 rings (SSSR count). The number of nitrogens with one attached hydrogen (secondary N) is 1. The van der Waals surface area contributed by atoms with Crippen LogP contribution in [0, 0.1) is 0 Å². The van der Waals surface area contributed by atoms with Crippen molar-refractivity contribution in [3.8, 4) is 0 Å². The van der Waals surface area contributed by atoms with Gasteiger partial charge in [0.1, 0.15) is 5.76 Å². The van der Waals surface area contributed by atoms with Crippen molar-refractivity contribution >= 4 is 21.8 Å². The van der Waals surface area contributed by atoms with Crippen LogP contribution in [0.25, 0.3) is 0 Å². The maximum atomic E-state index is 11.7. The topological polar surface area (TPSA) is 75.6 Å². The molecule has 0 bridgehead atoms. The lowest BCUT2D eigenvalue weighted by Gasteiger charge is -2.22. The van der Waals surface area contributed by atoms with Crippen LogP contribution < -0.4 is 5.32 Å². The minimum atomic E-state index is -1.09. The number of halogens is 1. The predicted molar refractivity (Wildman–Crippen MR) is 71.8 cm³/mol. The van der Waals surface area contributed by atoms with E-state index < -0.39 is 5.60 Å². The molecule has 6 heteroatoms. The molecule has 2 heterocycles. The third-order valence-electron chi connectivity index (χ3n) is 2.56. The molecule has 2 aromatic heterocycles. The predicted octanol–water partition coefficient (Wildman–Crippen LogP) is 2.36. The smallest absolute Gasteiger partial charge is 0.287 e. The summed E-state index contributed by atoms with van der Waals surface area (Å²) in [6.45, 7) is 1.73. The van der Waals surface area contributed by atoms with E-state index in [-0.39, 0.29) is 18.2 Å². The van der Waals surface area contributed by atoms with Gasteiger partial charge >= 0.3 is 0 Å². The Morgan fingerprint density at radius 3 is 2.84 bits per heavy atom. The van der Waals surface area contributed by atoms with Gasteiger partial charge < -0.3 is 19.3 Å². The monoisotopic (exact) mass is 327 g/mol. The molecule has 1 amide bonds. The molecular formula is C13H14BrNO4. The summed E-state index contributed by atoms with van der Waals surface area (Å²) in [4.78, 5) is 11.7. The third kappa shape index (κ3) is 3.97. The Morgan fingerprint density at radius 2 is 2.26 bits per heavy atom. The first-order valence-electron chi connectivity index (χ1n) is 5.75. The Morgan fingerprint density at radius 1 is 1.47 bits per heavy atom. The van der Waals surface area contributed by atoms with Crippen molar-refractivity contribution in [2.75, 3.05) is 6.54 Å². The lowest BCUT2D eigenvalue weighted by molar-refractivity contribution is 0.0503. The fourth-order valence-electron chi connectivity index (χ4n) is 1.65. The molecule has 0 aliphatic heterocycles. The van der Waals surface area contributed by atoms with E-state index in [1.54, 1.807) is 37.5 Å². The van der Waals surface area contributed by atoms with Gasteiger partial charge in [-0.1, -0.05) is 0 Å². The lowest BCUT2D eigenvalue weighted by Crippen LogP contribution is -2.42. The average molecular weight is 328 g/mol. The molecule has 0 saturated carbocycles. The van der Waals surface area contributed by atoms with Crippen LogP contribution in [0.4, 0.5) is 0 Å². The summed E-state index contributed by atoms with van der Waals surface area (Å²) in [6.07, 6.45) is 1.87. The molecule has 0 aliphatic carbocycles. The molecule has 0 spiro atoms. The molecule has 1 atom stereocenters. The lowest BCUT2D eigenvalue weighted by atomic mass is 10.0. The van der Waals surface area contributed by atoms with Crippen LogP contribution in [0.15, 0.2) is 44.0 Å². The molecule has 5 nitrogen and oxygen atoms in total. The van der Waals surface area contributed by atoms with Gasteiger partial charge in [-0.15, -0.1) is 0 Å². The highest BCUT2D eigenvalue weighted by Crippen LogP contribution is 2.15. The fourth-order valence-corrected chi connectivity index (χ4v) is 1.95. The van der Waals surface area contributed by atoms with Crippen LogP contribution in [0.1, 0.15) is 23.2 Å². The van der Waals surface area contributed by atoms with Gasteiger partial charge in [-0.25, -0.2) is 0 Å². The average Bonchev–Trinajstić information content (AvgIpc) is 2.97. The number of amides is 1. The Hall–Kier alpha value is -1.53. The Kier molecular flexibility index (Phi) is 4.11. The molecular weight excluding hydrogens is 314 g/mol. The van der Waals surface area contributed by atoms with Crippen LogP contribution in [0.5, 0.6) is 0 Å². The number of carbonyl (C=O) groups is 1. The number of rotatable bonds is 5. The first kappa shape index (κ1) is 13.9. The summed E-state index contributed by atoms with van der Waals surface area (Å²) in [7, 11) is 0. The second kappa shape index (κ2) is 5.63. The van der Waals surface area contributed by atoms with Crippen molar-refractivity contribution in [2.24, 2.45) is 0 Å². The number of hydrogen-bond donors (Lipinski definition) is 2. The largest absolute Gasteiger partial charge is 0.469 e. The van der Waals surface area contributed by atoms with E-state index in [1.165, 1.54) is 0 Å². The van der Waals surface area contributed by atoms with Crippen LogP contribution in [0.2, 0.25) is 0 Å². The van der Waals surface area contributed by atoms with Crippen LogP contribution >= 0.6 is 15.9 Å². The quantitative estimate of drug-likeness (QED) is 0.883. The zero-order chi connectivity index (χ0) is 13.9. The summed E-state index contributed by atoms with van der Waals surface area (Å²) in [5, 5.41) is 12.8. The van der Waals surface area contributed by atoms with E-state index in [1.807, 2.05) is 0 Å². The first-order chi connectivity index (χ1) is 8.96. The fraction of sp³-hybridized carbons (Fsp3) is 0.308. The first-order valence-corrected chi connectivity index (χ1v) is 6.54. The van der Waals surface area contributed by atoms with E-state index in [4.69, 9.17) is 8.83 Å². The van der Waals surface area contributed by atoms with Crippen molar-refractivity contribution in [1.29, 1.82) is 0 Å². The molecule has 0 fully saturated rings. The SMILES string of the molecule is C[C@](O)(CNC(=O)c1ccc(Br)o1)Cc1ccco1. The van der Waals surface area contributed by atoms with Gasteiger partial charge in [0, 0.05) is 13.0 Å². The van der Waals surface area contributed by atoms with Gasteiger partial charge in [0.15, 0.2) is 10.4 Å². The van der Waals surface area contributed by atoms with E-state index in [0.717, 1.165) is 0 Å². The van der Waals surface area contributed by atoms with Crippen LogP contribution in [-0.2, 0) is 6.42 Å². The summed E-state index contributed by atoms with van der Waals surface area (Å²) in [6, 6.07) is 6.72. The summed E-state index contributed by atoms with van der Waals surface area (Å²) in [5.41, 5.74) is -1.09. The van der Waals surface area contributed by atoms with Crippen molar-refractivity contribution in [1.82, 2.24) is 5.32 Å². The van der Waals surface area contributed by atoms with Gasteiger partial charge in [-0.05, 0) is 47.1 Å². The highest BCUT2D eigenvalue weighted by Gasteiger charge is 2.24. The third-order valence-corrected chi connectivity index (χ3v) is 2.99. The van der Waals surface area contributed by atoms with Crippen molar-refractivity contribution in [2.45, 2.75) is 18.9 Å². The molecule has 0 unspecified atom stereocenters. The molecule has 2 N–H and O–H groups in total. The molecule has 0 saturated heterocycles. The second-order valence-corrected chi connectivity index (χ2v) is 5.32. The van der Waals surface area contributed by atoms with E-state index in [0.29, 0.717) is 16.9 Å². The summed E-state index contributed by atoms with van der Waals surface area (Å²) >= 11 is 3.12. The number of carbonyl (C=O) groups excluding carboxylic acids is 1. The van der Waals surface area contributed by atoms with Crippen LogP contribution in [-0.4, -0.2) is 23.2 Å². The molecule has 102 valence electrons. The Bertz CT molecular complexity index is 545. The van der Waals surface area contributed by atoms with Crippen molar-refractivity contribution < 1.29 is 18.7 Å². The molecule has 2 aromatic rings. The molecule has 19 heavy (non-hydrogen) atoms. The van der Waals surface area contributed by atoms with Gasteiger partial charge in [-0.3, -0.25) is 4.79 Å². The van der Waals surface area contributed by atoms with Crippen LogP contribution in [0.3, 0.4) is 0 Å². The Labute approximate surface area is 118 Å². The van der Waals surface area contributed by atoms with Crippen molar-refractivity contribution in [3.63, 3.8) is 0 Å². The number of hydrogen-bond acceptors (Lipinski definition) is 4. The van der Waals surface area contributed by atoms with E-state index >= 15 is 0 Å². The van der Waals surface area contributed by atoms with Gasteiger partial charge in [0.2, 0.25) is 0 Å².